The predicted molar refractivity (Wildman–Crippen MR) is 119 cm³/mol. The van der Waals surface area contributed by atoms with Gasteiger partial charge in [-0.05, 0) is 67.9 Å². The average molecular weight is 457 g/mol. The fourth-order valence-corrected chi connectivity index (χ4v) is 7.54. The van der Waals surface area contributed by atoms with E-state index in [1.807, 2.05) is 19.9 Å². The summed E-state index contributed by atoms with van der Waals surface area (Å²) >= 11 is 0. The van der Waals surface area contributed by atoms with Crippen molar-refractivity contribution in [1.29, 1.82) is 0 Å². The summed E-state index contributed by atoms with van der Waals surface area (Å²) in [4.78, 5) is 24.8. The summed E-state index contributed by atoms with van der Waals surface area (Å²) in [5.41, 5.74) is -3.63. The van der Waals surface area contributed by atoms with E-state index in [0.29, 0.717) is 12.0 Å². The first-order valence-corrected chi connectivity index (χ1v) is 11.7. The van der Waals surface area contributed by atoms with Gasteiger partial charge >= 0.3 is 5.97 Å². The molecule has 3 fully saturated rings. The number of hydrogen-bond acceptors (Lipinski definition) is 4. The van der Waals surface area contributed by atoms with Crippen LogP contribution in [0.25, 0.3) is 0 Å². The van der Waals surface area contributed by atoms with Gasteiger partial charge in [0.1, 0.15) is 12.3 Å². The third-order valence-corrected chi connectivity index (χ3v) is 9.10. The normalized spacial score (nSPS) is 46.1. The van der Waals surface area contributed by atoms with E-state index in [-0.39, 0.29) is 36.0 Å². The minimum atomic E-state index is -2.11. The van der Waals surface area contributed by atoms with Crippen LogP contribution in [0.1, 0.15) is 50.4 Å². The average Bonchev–Trinajstić information content (AvgIpc) is 3.02. The zero-order valence-corrected chi connectivity index (χ0v) is 19.1. The van der Waals surface area contributed by atoms with Crippen molar-refractivity contribution in [2.75, 3.05) is 0 Å². The molecule has 0 aliphatic heterocycles. The van der Waals surface area contributed by atoms with E-state index in [1.165, 1.54) is 18.2 Å². The van der Waals surface area contributed by atoms with Gasteiger partial charge in [0.25, 0.3) is 0 Å². The lowest BCUT2D eigenvalue weighted by molar-refractivity contribution is -0.207. The van der Waals surface area contributed by atoms with Gasteiger partial charge in [-0.15, -0.1) is 0 Å². The molecule has 176 valence electrons. The Balaban J connectivity index is 1.51. The largest absolute Gasteiger partial charge is 0.458 e. The Morgan fingerprint density at radius 1 is 1.15 bits per heavy atom. The number of benzene rings is 1. The van der Waals surface area contributed by atoms with Crippen molar-refractivity contribution in [2.24, 2.45) is 28.6 Å². The van der Waals surface area contributed by atoms with E-state index in [2.05, 4.69) is 0 Å². The van der Waals surface area contributed by atoms with Gasteiger partial charge < -0.3 is 9.84 Å². The molecule has 1 aromatic carbocycles. The zero-order valence-electron chi connectivity index (χ0n) is 19.1. The van der Waals surface area contributed by atoms with Gasteiger partial charge in [-0.1, -0.05) is 38.1 Å². The molecule has 0 radical (unpaired) electrons. The number of aliphatic hydroxyl groups is 1. The van der Waals surface area contributed by atoms with Gasteiger partial charge in [-0.2, -0.15) is 0 Å². The minimum absolute atomic E-state index is 0.0616. The second-order valence-electron chi connectivity index (χ2n) is 10.9. The highest BCUT2D eigenvalue weighted by atomic mass is 19.1. The molecule has 0 amide bonds. The van der Waals surface area contributed by atoms with E-state index in [4.69, 9.17) is 4.74 Å². The molecule has 33 heavy (non-hydrogen) atoms. The van der Waals surface area contributed by atoms with Crippen LogP contribution in [0.5, 0.6) is 0 Å². The third-order valence-electron chi connectivity index (χ3n) is 9.10. The lowest BCUT2D eigenvalue weighted by Gasteiger charge is -2.62. The van der Waals surface area contributed by atoms with E-state index in [9.17, 15) is 14.7 Å². The standard InChI is InChI=1S/C27H30F2O4/c1-15-11-18-19-13-21(28)20-12-17(30)9-10-26(20,3)27(19,29)22(31)14-25(18,2)23(15)33-24(32)16-7-5-4-6-8-16/h4-10,12,15,18-19,21-23,31H,11,13-14H2,1-3H3/t15-,18+,19+,21+,22+,23-,25+,26+,27+/m1/s1. The number of halogens is 2. The Hall–Kier alpha value is -2.34. The predicted octanol–water partition coefficient (Wildman–Crippen LogP) is 4.78. The molecule has 0 aromatic heterocycles. The molecule has 0 saturated heterocycles. The number of carbonyl (C=O) groups excluding carboxylic acids is 2. The van der Waals surface area contributed by atoms with Crippen molar-refractivity contribution in [3.05, 3.63) is 59.7 Å². The van der Waals surface area contributed by atoms with Crippen LogP contribution in [0.3, 0.4) is 0 Å². The van der Waals surface area contributed by atoms with Crippen molar-refractivity contribution in [3.8, 4) is 0 Å². The lowest BCUT2D eigenvalue weighted by Crippen LogP contribution is -2.68. The minimum Gasteiger partial charge on any atom is -0.458 e. The summed E-state index contributed by atoms with van der Waals surface area (Å²) in [7, 11) is 0. The number of fused-ring (bicyclic) bond motifs is 5. The number of ether oxygens (including phenoxy) is 1. The van der Waals surface area contributed by atoms with Crippen molar-refractivity contribution in [2.45, 2.75) is 64.1 Å². The number of ketones is 1. The van der Waals surface area contributed by atoms with Crippen LogP contribution in [0, 0.1) is 28.6 Å². The van der Waals surface area contributed by atoms with Crippen LogP contribution in [0.15, 0.2) is 54.1 Å². The van der Waals surface area contributed by atoms with Crippen molar-refractivity contribution in [1.82, 2.24) is 0 Å². The van der Waals surface area contributed by atoms with E-state index in [1.54, 1.807) is 31.2 Å². The van der Waals surface area contributed by atoms with Crippen molar-refractivity contribution in [3.63, 3.8) is 0 Å². The monoisotopic (exact) mass is 456 g/mol. The number of esters is 1. The van der Waals surface area contributed by atoms with E-state index >= 15 is 8.78 Å². The summed E-state index contributed by atoms with van der Waals surface area (Å²) in [5.74, 6) is -1.89. The first kappa shape index (κ1) is 22.5. The zero-order chi connectivity index (χ0) is 23.8. The van der Waals surface area contributed by atoms with Crippen molar-refractivity contribution < 1.29 is 28.2 Å². The number of rotatable bonds is 2. The summed E-state index contributed by atoms with van der Waals surface area (Å²) in [6.07, 6.45) is 1.15. The molecule has 5 rings (SSSR count). The molecule has 1 aromatic rings. The highest BCUT2D eigenvalue weighted by molar-refractivity contribution is 6.01. The Labute approximate surface area is 192 Å². The Morgan fingerprint density at radius 2 is 1.85 bits per heavy atom. The second kappa shape index (κ2) is 7.33. The number of hydrogen-bond donors (Lipinski definition) is 1. The van der Waals surface area contributed by atoms with Gasteiger partial charge in [0.15, 0.2) is 11.5 Å². The molecule has 9 atom stereocenters. The fourth-order valence-electron chi connectivity index (χ4n) is 7.54. The summed E-state index contributed by atoms with van der Waals surface area (Å²) in [6.45, 7) is 5.51. The van der Waals surface area contributed by atoms with Gasteiger partial charge in [-0.3, -0.25) is 4.79 Å². The second-order valence-corrected chi connectivity index (χ2v) is 10.9. The Kier molecular flexibility index (Phi) is 4.99. The van der Waals surface area contributed by atoms with Crippen LogP contribution in [0.4, 0.5) is 8.78 Å². The number of allylic oxidation sites excluding steroid dienone is 4. The number of alkyl halides is 2. The highest BCUT2D eigenvalue weighted by Gasteiger charge is 2.73. The molecule has 4 aliphatic carbocycles. The van der Waals surface area contributed by atoms with Crippen LogP contribution >= 0.6 is 0 Å². The molecule has 6 heteroatoms. The molecule has 3 saturated carbocycles. The molecule has 1 N–H and O–H groups in total. The smallest absolute Gasteiger partial charge is 0.338 e. The molecule has 0 spiro atoms. The summed E-state index contributed by atoms with van der Waals surface area (Å²) in [5, 5.41) is 11.3. The summed E-state index contributed by atoms with van der Waals surface area (Å²) in [6, 6.07) is 8.71. The molecule has 4 nitrogen and oxygen atoms in total. The quantitative estimate of drug-likeness (QED) is 0.651. The maximum atomic E-state index is 17.1. The van der Waals surface area contributed by atoms with E-state index < -0.39 is 46.8 Å². The molecular formula is C27H30F2O4. The number of carbonyl (C=O) groups is 2. The molecule has 0 heterocycles. The van der Waals surface area contributed by atoms with Crippen LogP contribution in [-0.4, -0.2) is 40.9 Å². The lowest BCUT2D eigenvalue weighted by atomic mass is 9.45. The topological polar surface area (TPSA) is 63.6 Å². The first-order valence-electron chi connectivity index (χ1n) is 11.7. The molecule has 0 unspecified atom stereocenters. The Morgan fingerprint density at radius 3 is 2.55 bits per heavy atom. The molecule has 4 aliphatic rings. The number of aliphatic hydroxyl groups excluding tert-OH is 1. The van der Waals surface area contributed by atoms with Gasteiger partial charge in [-0.25, -0.2) is 13.6 Å². The van der Waals surface area contributed by atoms with Gasteiger partial charge in [0.2, 0.25) is 0 Å². The first-order chi connectivity index (χ1) is 15.5. The van der Waals surface area contributed by atoms with E-state index in [0.717, 1.165) is 0 Å². The fraction of sp³-hybridized carbons (Fsp3) is 0.556. The Bertz CT molecular complexity index is 1050. The van der Waals surface area contributed by atoms with Crippen LogP contribution in [0.2, 0.25) is 0 Å². The van der Waals surface area contributed by atoms with Gasteiger partial charge in [0, 0.05) is 16.7 Å². The highest BCUT2D eigenvalue weighted by Crippen LogP contribution is 2.69. The van der Waals surface area contributed by atoms with Gasteiger partial charge in [0.05, 0.1) is 11.7 Å². The van der Waals surface area contributed by atoms with Crippen LogP contribution in [-0.2, 0) is 9.53 Å². The van der Waals surface area contributed by atoms with Crippen LogP contribution < -0.4 is 0 Å². The molecule has 0 bridgehead atoms. The third kappa shape index (κ3) is 2.95. The summed E-state index contributed by atoms with van der Waals surface area (Å²) < 4.78 is 38.5. The SMILES string of the molecule is C[C@@H]1C[C@H]2[C@@H]3C[C@H](F)C4=CC(=O)C=C[C@]4(C)[C@@]3(F)[C@@H](O)C[C@]2(C)[C@@H]1OC(=O)c1ccccc1. The maximum absolute atomic E-state index is 17.1. The maximum Gasteiger partial charge on any atom is 0.338 e. The molecular weight excluding hydrogens is 426 g/mol. The van der Waals surface area contributed by atoms with Crippen molar-refractivity contribution >= 4 is 11.8 Å².